The van der Waals surface area contributed by atoms with Crippen molar-refractivity contribution < 1.29 is 9.53 Å². The molecule has 2 fully saturated rings. The molecule has 5 nitrogen and oxygen atoms in total. The van der Waals surface area contributed by atoms with E-state index < -0.39 is 0 Å². The van der Waals surface area contributed by atoms with E-state index in [0.717, 1.165) is 52.2 Å². The van der Waals surface area contributed by atoms with Gasteiger partial charge in [-0.05, 0) is 35.9 Å². The highest BCUT2D eigenvalue weighted by Crippen LogP contribution is 2.30. The number of rotatable bonds is 5. The van der Waals surface area contributed by atoms with Crippen molar-refractivity contribution in [2.24, 2.45) is 5.41 Å². The molecule has 1 unspecified atom stereocenters. The lowest BCUT2D eigenvalue weighted by atomic mass is 9.77. The predicted octanol–water partition coefficient (Wildman–Crippen LogP) is 1.91. The summed E-state index contributed by atoms with van der Waals surface area (Å²) in [5, 5.41) is 6.55. The maximum Gasteiger partial charge on any atom is 0.237 e. The molecule has 25 heavy (non-hydrogen) atoms. The zero-order valence-corrected chi connectivity index (χ0v) is 15.5. The summed E-state index contributed by atoms with van der Waals surface area (Å²) in [5.41, 5.74) is 2.51. The van der Waals surface area contributed by atoms with Gasteiger partial charge in [-0.15, -0.1) is 0 Å². The first-order chi connectivity index (χ1) is 12.1. The molecule has 138 valence electrons. The summed E-state index contributed by atoms with van der Waals surface area (Å²) >= 11 is 0. The second kappa shape index (κ2) is 8.30. The molecule has 1 aromatic rings. The fraction of sp³-hybridized carbons (Fsp3) is 0.650. The van der Waals surface area contributed by atoms with Crippen LogP contribution in [-0.4, -0.2) is 49.7 Å². The Kier molecular flexibility index (Phi) is 6.10. The summed E-state index contributed by atoms with van der Waals surface area (Å²) in [6, 6.07) is 8.31. The summed E-state index contributed by atoms with van der Waals surface area (Å²) in [7, 11) is 0. The first kappa shape index (κ1) is 18.4. The van der Waals surface area contributed by atoms with E-state index >= 15 is 0 Å². The summed E-state index contributed by atoms with van der Waals surface area (Å²) in [6.07, 6.45) is 2.23. The molecule has 3 rings (SSSR count). The zero-order chi connectivity index (χ0) is 17.7. The predicted molar refractivity (Wildman–Crippen MR) is 99.2 cm³/mol. The number of piperidine rings is 1. The van der Waals surface area contributed by atoms with Crippen molar-refractivity contribution >= 4 is 5.91 Å². The molecule has 0 aliphatic carbocycles. The normalized spacial score (nSPS) is 24.0. The highest BCUT2D eigenvalue weighted by Gasteiger charge is 2.36. The first-order valence-corrected chi connectivity index (χ1v) is 9.44. The number of carbonyl (C=O) groups excluding carboxylic acids is 1. The fourth-order valence-corrected chi connectivity index (χ4v) is 3.83. The van der Waals surface area contributed by atoms with Crippen LogP contribution in [0.1, 0.15) is 37.8 Å². The molecule has 1 atom stereocenters. The average Bonchev–Trinajstić information content (AvgIpc) is 2.61. The molecule has 0 spiro atoms. The van der Waals surface area contributed by atoms with Crippen LogP contribution in [0.5, 0.6) is 0 Å². The molecule has 5 heteroatoms. The molecule has 2 N–H and O–H groups in total. The zero-order valence-electron chi connectivity index (χ0n) is 15.5. The minimum atomic E-state index is -0.104. The van der Waals surface area contributed by atoms with Crippen LogP contribution < -0.4 is 10.6 Å². The minimum absolute atomic E-state index is 0.00958. The van der Waals surface area contributed by atoms with Crippen LogP contribution in [0.25, 0.3) is 0 Å². The second-order valence-electron chi connectivity index (χ2n) is 7.85. The van der Waals surface area contributed by atoms with Crippen LogP contribution in [0.3, 0.4) is 0 Å². The van der Waals surface area contributed by atoms with Gasteiger partial charge in [0.2, 0.25) is 5.91 Å². The van der Waals surface area contributed by atoms with Gasteiger partial charge in [0.25, 0.3) is 0 Å². The summed E-state index contributed by atoms with van der Waals surface area (Å²) in [4.78, 5) is 15.1. The number of nitrogens with zero attached hydrogens (tertiary/aromatic N) is 1. The Morgan fingerprint density at radius 2 is 2.00 bits per heavy atom. The van der Waals surface area contributed by atoms with Crippen LogP contribution in [0.15, 0.2) is 24.3 Å². The van der Waals surface area contributed by atoms with Gasteiger partial charge in [0, 0.05) is 26.2 Å². The Morgan fingerprint density at radius 1 is 1.28 bits per heavy atom. The quantitative estimate of drug-likeness (QED) is 0.856. The van der Waals surface area contributed by atoms with Crippen molar-refractivity contribution in [2.75, 3.05) is 32.8 Å². The van der Waals surface area contributed by atoms with E-state index in [-0.39, 0.29) is 17.4 Å². The van der Waals surface area contributed by atoms with Crippen molar-refractivity contribution in [3.8, 4) is 0 Å². The number of hydrogen-bond acceptors (Lipinski definition) is 4. The third-order valence-corrected chi connectivity index (χ3v) is 5.46. The van der Waals surface area contributed by atoms with Gasteiger partial charge in [-0.3, -0.25) is 9.69 Å². The summed E-state index contributed by atoms with van der Waals surface area (Å²) < 4.78 is 5.43. The Balaban J connectivity index is 1.60. The standard InChI is InChI=1S/C20H31N3O2/c1-20(2)8-5-9-21-18(20)19(24)22-14-16-6-3-4-7-17(16)15-23-10-12-25-13-11-23/h3-4,6-7,18,21H,5,8-15H2,1-2H3,(H,22,24). The van der Waals surface area contributed by atoms with Crippen molar-refractivity contribution in [1.82, 2.24) is 15.5 Å². The lowest BCUT2D eigenvalue weighted by molar-refractivity contribution is -0.126. The van der Waals surface area contributed by atoms with Gasteiger partial charge in [0.05, 0.1) is 19.3 Å². The minimum Gasteiger partial charge on any atom is -0.379 e. The van der Waals surface area contributed by atoms with E-state index in [1.54, 1.807) is 0 Å². The van der Waals surface area contributed by atoms with Gasteiger partial charge in [-0.2, -0.15) is 0 Å². The molecule has 1 aromatic carbocycles. The monoisotopic (exact) mass is 345 g/mol. The van der Waals surface area contributed by atoms with Gasteiger partial charge in [-0.25, -0.2) is 0 Å². The van der Waals surface area contributed by atoms with E-state index in [1.807, 2.05) is 6.07 Å². The van der Waals surface area contributed by atoms with Crippen LogP contribution in [0, 0.1) is 5.41 Å². The fourth-order valence-electron chi connectivity index (χ4n) is 3.83. The number of morpholine rings is 1. The van der Waals surface area contributed by atoms with Gasteiger partial charge < -0.3 is 15.4 Å². The lowest BCUT2D eigenvalue weighted by Gasteiger charge is -2.38. The van der Waals surface area contributed by atoms with Gasteiger partial charge in [0.1, 0.15) is 0 Å². The first-order valence-electron chi connectivity index (χ1n) is 9.44. The van der Waals surface area contributed by atoms with E-state index in [4.69, 9.17) is 4.74 Å². The molecule has 2 saturated heterocycles. The molecule has 1 amide bonds. The summed E-state index contributed by atoms with van der Waals surface area (Å²) in [6.45, 7) is 10.3. The van der Waals surface area contributed by atoms with E-state index in [1.165, 1.54) is 11.1 Å². The molecular formula is C20H31N3O2. The number of amides is 1. The Morgan fingerprint density at radius 3 is 2.72 bits per heavy atom. The van der Waals surface area contributed by atoms with Crippen LogP contribution >= 0.6 is 0 Å². The second-order valence-corrected chi connectivity index (χ2v) is 7.85. The summed E-state index contributed by atoms with van der Waals surface area (Å²) in [5.74, 6) is 0.117. The number of carbonyl (C=O) groups is 1. The molecular weight excluding hydrogens is 314 g/mol. The van der Waals surface area contributed by atoms with Gasteiger partial charge >= 0.3 is 0 Å². The Hall–Kier alpha value is -1.43. The molecule has 0 saturated carbocycles. The third-order valence-electron chi connectivity index (χ3n) is 5.46. The Labute approximate surface area is 151 Å². The SMILES string of the molecule is CC1(C)CCCNC1C(=O)NCc1ccccc1CN1CCOCC1. The third kappa shape index (κ3) is 4.81. The van der Waals surface area contributed by atoms with Crippen LogP contribution in [-0.2, 0) is 22.6 Å². The average molecular weight is 345 g/mol. The lowest BCUT2D eigenvalue weighted by Crippen LogP contribution is -2.55. The van der Waals surface area contributed by atoms with Crippen molar-refractivity contribution in [3.05, 3.63) is 35.4 Å². The maximum absolute atomic E-state index is 12.7. The van der Waals surface area contributed by atoms with Crippen molar-refractivity contribution in [3.63, 3.8) is 0 Å². The van der Waals surface area contributed by atoms with E-state index in [0.29, 0.717) is 6.54 Å². The highest BCUT2D eigenvalue weighted by molar-refractivity contribution is 5.82. The van der Waals surface area contributed by atoms with Crippen molar-refractivity contribution in [1.29, 1.82) is 0 Å². The molecule has 0 aromatic heterocycles. The number of ether oxygens (including phenoxy) is 1. The number of benzene rings is 1. The maximum atomic E-state index is 12.7. The van der Waals surface area contributed by atoms with Crippen LogP contribution in [0.2, 0.25) is 0 Å². The van der Waals surface area contributed by atoms with E-state index in [2.05, 4.69) is 47.6 Å². The van der Waals surface area contributed by atoms with E-state index in [9.17, 15) is 4.79 Å². The van der Waals surface area contributed by atoms with Crippen LogP contribution in [0.4, 0.5) is 0 Å². The molecule has 0 bridgehead atoms. The molecule has 2 heterocycles. The van der Waals surface area contributed by atoms with Crippen molar-refractivity contribution in [2.45, 2.75) is 45.8 Å². The largest absolute Gasteiger partial charge is 0.379 e. The highest BCUT2D eigenvalue weighted by atomic mass is 16.5. The Bertz CT molecular complexity index is 582. The molecule has 2 aliphatic rings. The number of nitrogens with one attached hydrogen (secondary N) is 2. The van der Waals surface area contributed by atoms with Gasteiger partial charge in [-0.1, -0.05) is 38.1 Å². The molecule has 0 radical (unpaired) electrons. The molecule has 2 aliphatic heterocycles. The number of hydrogen-bond donors (Lipinski definition) is 2. The smallest absolute Gasteiger partial charge is 0.237 e. The van der Waals surface area contributed by atoms with Gasteiger partial charge in [0.15, 0.2) is 0 Å². The topological polar surface area (TPSA) is 53.6 Å².